The molecular formula is C15H9N3O5S2. The normalized spacial score (nSPS) is 20.2. The second kappa shape index (κ2) is 6.95. The number of nitrogens with one attached hydrogen (secondary N) is 1. The number of hydrogen-bond donors (Lipinski definition) is 2. The zero-order chi connectivity index (χ0) is 18.0. The maximum atomic E-state index is 11.8. The van der Waals surface area contributed by atoms with Gasteiger partial charge in [-0.15, -0.1) is 0 Å². The highest BCUT2D eigenvalue weighted by molar-refractivity contribution is 8.18. The number of amidine groups is 1. The van der Waals surface area contributed by atoms with Gasteiger partial charge in [0, 0.05) is 6.08 Å². The van der Waals surface area contributed by atoms with Crippen molar-refractivity contribution in [1.29, 1.82) is 0 Å². The van der Waals surface area contributed by atoms with Crippen LogP contribution in [-0.4, -0.2) is 28.2 Å². The second-order valence-electron chi connectivity index (χ2n) is 4.72. The Labute approximate surface area is 149 Å². The van der Waals surface area contributed by atoms with E-state index in [1.54, 1.807) is 30.3 Å². The Morgan fingerprint density at radius 2 is 1.84 bits per heavy atom. The fourth-order valence-corrected chi connectivity index (χ4v) is 3.20. The Bertz CT molecular complexity index is 887. The topological polar surface area (TPSA) is 128 Å². The van der Waals surface area contributed by atoms with E-state index in [1.807, 2.05) is 5.32 Å². The third-order valence-corrected chi connectivity index (χ3v) is 4.57. The molecule has 0 unspecified atom stereocenters. The summed E-state index contributed by atoms with van der Waals surface area (Å²) in [6.45, 7) is 0. The minimum atomic E-state index is -0.772. The fraction of sp³-hybridized carbons (Fsp3) is 0. The summed E-state index contributed by atoms with van der Waals surface area (Å²) in [6.07, 6.45) is 2.64. The predicted octanol–water partition coefficient (Wildman–Crippen LogP) is 2.02. The third kappa shape index (κ3) is 4.17. The van der Waals surface area contributed by atoms with E-state index in [0.29, 0.717) is 16.7 Å². The average Bonchev–Trinajstić information content (AvgIpc) is 3.02. The van der Waals surface area contributed by atoms with Crippen LogP contribution in [0.4, 0.5) is 9.59 Å². The van der Waals surface area contributed by atoms with Gasteiger partial charge in [-0.05, 0) is 47.3 Å². The maximum Gasteiger partial charge on any atom is 0.337 e. The quantitative estimate of drug-likeness (QED) is 0.466. The van der Waals surface area contributed by atoms with Gasteiger partial charge in [0.2, 0.25) is 0 Å². The van der Waals surface area contributed by atoms with Gasteiger partial charge >= 0.3 is 11.2 Å². The summed E-state index contributed by atoms with van der Waals surface area (Å²) in [5, 5.41) is 1.14. The standard InChI is InChI=1S/C15H9N3O5S2/c16-12-9(24-14(21)17-12)5-7-1-3-8(4-2-7)23-11(19)6-10-13(20)18-15(22)25-10/h1-6H,(H2,16,17,21)(H,18,20,22)/b9-5-,10-6+. The number of carbonyl (C=O) groups excluding carboxylic acids is 4. The van der Waals surface area contributed by atoms with E-state index >= 15 is 0 Å². The average molecular weight is 375 g/mol. The molecule has 1 saturated heterocycles. The Hall–Kier alpha value is -2.85. The van der Waals surface area contributed by atoms with Crippen molar-refractivity contribution in [2.75, 3.05) is 0 Å². The third-order valence-electron chi connectivity index (χ3n) is 2.95. The molecule has 8 nitrogen and oxygen atoms in total. The highest BCUT2D eigenvalue weighted by Gasteiger charge is 2.26. The SMILES string of the molecule is NC1=NC(=O)S/C1=C\c1ccc(OC(=O)/C=C2/SC(=O)NC2=O)cc1. The molecule has 3 amide bonds. The molecule has 2 aliphatic heterocycles. The van der Waals surface area contributed by atoms with Gasteiger partial charge in [-0.2, -0.15) is 4.99 Å². The van der Waals surface area contributed by atoms with Gasteiger partial charge in [-0.1, -0.05) is 12.1 Å². The van der Waals surface area contributed by atoms with Crippen LogP contribution in [0.2, 0.25) is 0 Å². The number of nitrogens with zero attached hydrogens (tertiary/aromatic N) is 1. The van der Waals surface area contributed by atoms with Crippen molar-refractivity contribution in [2.24, 2.45) is 10.7 Å². The summed E-state index contributed by atoms with van der Waals surface area (Å²) >= 11 is 1.57. The van der Waals surface area contributed by atoms with Crippen LogP contribution in [0.1, 0.15) is 5.56 Å². The fourth-order valence-electron chi connectivity index (χ4n) is 1.88. The van der Waals surface area contributed by atoms with E-state index in [4.69, 9.17) is 10.5 Å². The van der Waals surface area contributed by atoms with E-state index < -0.39 is 17.1 Å². The number of hydrogen-bond acceptors (Lipinski definition) is 8. The summed E-state index contributed by atoms with van der Waals surface area (Å²) in [5.41, 5.74) is 6.36. The second-order valence-corrected chi connectivity index (χ2v) is 6.72. The van der Waals surface area contributed by atoms with Crippen LogP contribution in [0.15, 0.2) is 45.1 Å². The van der Waals surface area contributed by atoms with E-state index in [9.17, 15) is 19.2 Å². The Morgan fingerprint density at radius 3 is 2.40 bits per heavy atom. The molecule has 10 heteroatoms. The molecule has 0 spiro atoms. The molecular weight excluding hydrogens is 366 g/mol. The lowest BCUT2D eigenvalue weighted by molar-refractivity contribution is -0.129. The van der Waals surface area contributed by atoms with Gasteiger partial charge in [-0.3, -0.25) is 19.7 Å². The van der Waals surface area contributed by atoms with E-state index in [0.717, 1.165) is 23.4 Å². The van der Waals surface area contributed by atoms with Crippen LogP contribution in [0.25, 0.3) is 6.08 Å². The summed E-state index contributed by atoms with van der Waals surface area (Å²) < 4.78 is 5.07. The smallest absolute Gasteiger partial charge is 0.337 e. The van der Waals surface area contributed by atoms with E-state index in [1.165, 1.54) is 0 Å². The van der Waals surface area contributed by atoms with Crippen molar-refractivity contribution in [2.45, 2.75) is 0 Å². The first-order chi connectivity index (χ1) is 11.9. The monoisotopic (exact) mass is 375 g/mol. The summed E-state index contributed by atoms with van der Waals surface area (Å²) in [5.74, 6) is -0.974. The van der Waals surface area contributed by atoms with Gasteiger partial charge in [0.1, 0.15) is 11.6 Å². The van der Waals surface area contributed by atoms with Gasteiger partial charge < -0.3 is 10.5 Å². The van der Waals surface area contributed by atoms with Crippen LogP contribution in [0, 0.1) is 0 Å². The minimum absolute atomic E-state index is 0.0194. The molecule has 1 fully saturated rings. The van der Waals surface area contributed by atoms with Crippen molar-refractivity contribution in [3.8, 4) is 5.75 Å². The predicted molar refractivity (Wildman–Crippen MR) is 93.9 cm³/mol. The molecule has 3 N–H and O–H groups in total. The highest BCUT2D eigenvalue weighted by Crippen LogP contribution is 2.28. The van der Waals surface area contributed by atoms with E-state index in [2.05, 4.69) is 4.99 Å². The molecule has 0 radical (unpaired) electrons. The number of carbonyl (C=O) groups is 4. The highest BCUT2D eigenvalue weighted by atomic mass is 32.2. The lowest BCUT2D eigenvalue weighted by atomic mass is 10.2. The molecule has 1 aromatic carbocycles. The van der Waals surface area contributed by atoms with Crippen molar-refractivity contribution in [1.82, 2.24) is 5.32 Å². The van der Waals surface area contributed by atoms with Crippen molar-refractivity contribution < 1.29 is 23.9 Å². The number of ether oxygens (including phenoxy) is 1. The van der Waals surface area contributed by atoms with Crippen molar-refractivity contribution in [3.05, 3.63) is 45.7 Å². The van der Waals surface area contributed by atoms with Gasteiger partial charge in [0.25, 0.3) is 11.1 Å². The molecule has 0 bridgehead atoms. The lowest BCUT2D eigenvalue weighted by Crippen LogP contribution is -2.18. The molecule has 2 heterocycles. The van der Waals surface area contributed by atoms with Crippen LogP contribution < -0.4 is 15.8 Å². The van der Waals surface area contributed by atoms with Gasteiger partial charge in [0.05, 0.1) is 9.81 Å². The molecule has 126 valence electrons. The van der Waals surface area contributed by atoms with Crippen LogP contribution in [-0.2, 0) is 9.59 Å². The molecule has 1 aromatic rings. The molecule has 0 atom stereocenters. The maximum absolute atomic E-state index is 11.8. The zero-order valence-corrected chi connectivity index (χ0v) is 14.0. The van der Waals surface area contributed by atoms with Crippen molar-refractivity contribution in [3.63, 3.8) is 0 Å². The number of rotatable bonds is 3. The number of aliphatic imine (C=N–C) groups is 1. The molecule has 0 aliphatic carbocycles. The lowest BCUT2D eigenvalue weighted by Gasteiger charge is -2.02. The largest absolute Gasteiger partial charge is 0.423 e. The number of amides is 3. The zero-order valence-electron chi connectivity index (χ0n) is 12.3. The summed E-state index contributed by atoms with van der Waals surface area (Å²) in [4.78, 5) is 49.4. The van der Waals surface area contributed by atoms with Gasteiger partial charge in [-0.25, -0.2) is 4.79 Å². The summed E-state index contributed by atoms with van der Waals surface area (Å²) in [7, 11) is 0. The minimum Gasteiger partial charge on any atom is -0.423 e. The molecule has 0 saturated carbocycles. The first-order valence-electron chi connectivity index (χ1n) is 6.75. The first-order valence-corrected chi connectivity index (χ1v) is 8.39. The van der Waals surface area contributed by atoms with Crippen molar-refractivity contribution >= 4 is 57.8 Å². The van der Waals surface area contributed by atoms with Crippen LogP contribution in [0.3, 0.4) is 0 Å². The number of nitrogens with two attached hydrogens (primary N) is 1. The summed E-state index contributed by atoms with van der Waals surface area (Å²) in [6, 6.07) is 6.43. The Morgan fingerprint density at radius 1 is 1.12 bits per heavy atom. The number of benzene rings is 1. The molecule has 2 aliphatic rings. The molecule has 0 aromatic heterocycles. The van der Waals surface area contributed by atoms with Gasteiger partial charge in [0.15, 0.2) is 0 Å². The first kappa shape index (κ1) is 17.0. The number of imide groups is 1. The van der Waals surface area contributed by atoms with Crippen LogP contribution >= 0.6 is 23.5 Å². The number of esters is 1. The Balaban J connectivity index is 1.66. The van der Waals surface area contributed by atoms with E-state index in [-0.39, 0.29) is 21.7 Å². The molecule has 3 rings (SSSR count). The number of thioether (sulfide) groups is 2. The van der Waals surface area contributed by atoms with Crippen LogP contribution in [0.5, 0.6) is 5.75 Å². The Kier molecular flexibility index (Phi) is 4.72. The molecule has 25 heavy (non-hydrogen) atoms.